The molecule has 0 radical (unpaired) electrons. The van der Waals surface area contributed by atoms with Gasteiger partial charge in [-0.25, -0.2) is 4.79 Å². The molecule has 4 aromatic rings. The molecule has 2 aromatic heterocycles. The molecule has 130 valence electrons. The number of aromatic nitrogens is 1. The first-order chi connectivity index (χ1) is 12.6. The van der Waals surface area contributed by atoms with E-state index in [1.165, 1.54) is 11.3 Å². The van der Waals surface area contributed by atoms with Crippen molar-refractivity contribution < 1.29 is 9.53 Å². The standard InChI is InChI=1S/C20H14BrNO3S/c1-2-25-20(24)17-15(12-7-9-13(21)10-8-12)11-22-18(23)14-5-3-4-6-16(14)26-19(17)22/h3-11H,2H2,1H3. The van der Waals surface area contributed by atoms with Gasteiger partial charge in [-0.15, -0.1) is 11.3 Å². The lowest BCUT2D eigenvalue weighted by atomic mass is 10.1. The maximum absolute atomic E-state index is 12.9. The Morgan fingerprint density at radius 3 is 2.62 bits per heavy atom. The van der Waals surface area contributed by atoms with Crippen LogP contribution >= 0.6 is 27.3 Å². The van der Waals surface area contributed by atoms with Gasteiger partial charge in [-0.05, 0) is 36.8 Å². The fourth-order valence-electron chi connectivity index (χ4n) is 2.95. The van der Waals surface area contributed by atoms with Crippen LogP contribution in [-0.2, 0) is 4.74 Å². The number of hydrogen-bond donors (Lipinski definition) is 0. The van der Waals surface area contributed by atoms with Gasteiger partial charge in [0.2, 0.25) is 0 Å². The third-order valence-corrected chi connectivity index (χ3v) is 5.84. The van der Waals surface area contributed by atoms with E-state index in [-0.39, 0.29) is 12.2 Å². The minimum atomic E-state index is -0.418. The van der Waals surface area contributed by atoms with E-state index in [0.717, 1.165) is 14.7 Å². The molecule has 0 aliphatic carbocycles. The summed E-state index contributed by atoms with van der Waals surface area (Å²) in [5, 5.41) is 0.637. The maximum atomic E-state index is 12.9. The average Bonchev–Trinajstić information content (AvgIpc) is 3.02. The number of halogens is 1. The van der Waals surface area contributed by atoms with Crippen LogP contribution in [0.15, 0.2) is 64.0 Å². The molecular formula is C20H14BrNO3S. The maximum Gasteiger partial charge on any atom is 0.341 e. The Labute approximate surface area is 161 Å². The lowest BCUT2D eigenvalue weighted by Crippen LogP contribution is -2.11. The van der Waals surface area contributed by atoms with Crippen molar-refractivity contribution in [2.45, 2.75) is 6.92 Å². The zero-order chi connectivity index (χ0) is 18.3. The molecule has 0 spiro atoms. The number of esters is 1. The summed E-state index contributed by atoms with van der Waals surface area (Å²) in [6.45, 7) is 2.05. The fraction of sp³-hybridized carbons (Fsp3) is 0.100. The Kier molecular flexibility index (Phi) is 4.38. The van der Waals surface area contributed by atoms with Crippen LogP contribution in [0.25, 0.3) is 26.0 Å². The highest BCUT2D eigenvalue weighted by Gasteiger charge is 2.23. The monoisotopic (exact) mass is 427 g/mol. The number of rotatable bonds is 3. The summed E-state index contributed by atoms with van der Waals surface area (Å²) in [5.41, 5.74) is 1.85. The highest BCUT2D eigenvalue weighted by atomic mass is 79.9. The predicted octanol–water partition coefficient (Wildman–Crippen LogP) is 5.12. The third kappa shape index (κ3) is 2.75. The molecule has 4 nitrogen and oxygen atoms in total. The van der Waals surface area contributed by atoms with Gasteiger partial charge < -0.3 is 4.74 Å². The number of nitrogens with zero attached hydrogens (tertiary/aromatic N) is 1. The SMILES string of the molecule is CCOC(=O)c1c(-c2ccc(Br)cc2)cn2c(=O)c3ccccc3sc12. The van der Waals surface area contributed by atoms with Crippen LogP contribution in [0.4, 0.5) is 0 Å². The topological polar surface area (TPSA) is 47.8 Å². The summed E-state index contributed by atoms with van der Waals surface area (Å²) in [7, 11) is 0. The number of carbonyl (C=O) groups excluding carboxylic acids is 1. The second-order valence-corrected chi connectivity index (χ2v) is 7.67. The first kappa shape index (κ1) is 17.0. The van der Waals surface area contributed by atoms with Crippen molar-refractivity contribution in [3.8, 4) is 11.1 Å². The molecule has 6 heteroatoms. The summed E-state index contributed by atoms with van der Waals surface area (Å²) >= 11 is 4.84. The molecule has 0 aliphatic rings. The van der Waals surface area contributed by atoms with E-state index in [4.69, 9.17) is 4.74 Å². The lowest BCUT2D eigenvalue weighted by Gasteiger charge is -2.05. The van der Waals surface area contributed by atoms with Gasteiger partial charge in [0.1, 0.15) is 10.4 Å². The van der Waals surface area contributed by atoms with E-state index in [1.807, 2.05) is 42.5 Å². The quantitative estimate of drug-likeness (QED) is 0.426. The van der Waals surface area contributed by atoms with E-state index in [1.54, 1.807) is 23.6 Å². The summed E-state index contributed by atoms with van der Waals surface area (Å²) in [6.07, 6.45) is 1.73. The van der Waals surface area contributed by atoms with Crippen LogP contribution < -0.4 is 5.56 Å². The summed E-state index contributed by atoms with van der Waals surface area (Å²) in [5.74, 6) is -0.418. The van der Waals surface area contributed by atoms with Gasteiger partial charge in [-0.3, -0.25) is 9.20 Å². The first-order valence-electron chi connectivity index (χ1n) is 8.10. The smallest absolute Gasteiger partial charge is 0.341 e. The summed E-state index contributed by atoms with van der Waals surface area (Å²) in [6, 6.07) is 15.1. The highest BCUT2D eigenvalue weighted by molar-refractivity contribution is 9.10. The minimum absolute atomic E-state index is 0.136. The van der Waals surface area contributed by atoms with E-state index in [2.05, 4.69) is 15.9 Å². The molecule has 0 atom stereocenters. The molecule has 0 aliphatic heterocycles. The Balaban J connectivity index is 2.10. The van der Waals surface area contributed by atoms with Gasteiger partial charge in [-0.2, -0.15) is 0 Å². The highest BCUT2D eigenvalue weighted by Crippen LogP contribution is 2.33. The molecule has 0 fully saturated rings. The molecule has 26 heavy (non-hydrogen) atoms. The van der Waals surface area contributed by atoms with Gasteiger partial charge in [0.05, 0.1) is 12.0 Å². The molecule has 0 saturated heterocycles. The van der Waals surface area contributed by atoms with E-state index >= 15 is 0 Å². The van der Waals surface area contributed by atoms with E-state index < -0.39 is 5.97 Å². The van der Waals surface area contributed by atoms with Crippen molar-refractivity contribution in [1.29, 1.82) is 0 Å². The summed E-state index contributed by atoms with van der Waals surface area (Å²) < 4.78 is 8.62. The molecule has 0 N–H and O–H groups in total. The number of benzene rings is 2. The Bertz CT molecular complexity index is 1190. The number of hydrogen-bond acceptors (Lipinski definition) is 4. The molecule has 0 bridgehead atoms. The molecule has 0 unspecified atom stereocenters. The van der Waals surface area contributed by atoms with E-state index in [9.17, 15) is 9.59 Å². The third-order valence-electron chi connectivity index (χ3n) is 4.14. The second-order valence-electron chi connectivity index (χ2n) is 5.72. The number of ether oxygens (including phenoxy) is 1. The van der Waals surface area contributed by atoms with Crippen LogP contribution in [0.5, 0.6) is 0 Å². The van der Waals surface area contributed by atoms with Crippen LogP contribution in [-0.4, -0.2) is 17.0 Å². The van der Waals surface area contributed by atoms with Crippen LogP contribution in [0.1, 0.15) is 17.3 Å². The normalized spacial score (nSPS) is 11.2. The van der Waals surface area contributed by atoms with Crippen molar-refractivity contribution >= 4 is 48.2 Å². The van der Waals surface area contributed by atoms with Gasteiger partial charge in [0.15, 0.2) is 0 Å². The number of fused-ring (bicyclic) bond motifs is 2. The largest absolute Gasteiger partial charge is 0.462 e. The molecule has 2 aromatic carbocycles. The lowest BCUT2D eigenvalue weighted by molar-refractivity contribution is 0.0530. The molecule has 4 rings (SSSR count). The Morgan fingerprint density at radius 2 is 1.88 bits per heavy atom. The minimum Gasteiger partial charge on any atom is -0.462 e. The van der Waals surface area contributed by atoms with Gasteiger partial charge in [0.25, 0.3) is 5.56 Å². The van der Waals surface area contributed by atoms with Crippen LogP contribution in [0.2, 0.25) is 0 Å². The second kappa shape index (κ2) is 6.70. The molecule has 0 amide bonds. The molecule has 0 saturated carbocycles. The van der Waals surface area contributed by atoms with E-state index in [0.29, 0.717) is 21.3 Å². The van der Waals surface area contributed by atoms with Crippen molar-refractivity contribution in [3.05, 3.63) is 75.1 Å². The van der Waals surface area contributed by atoms with Gasteiger partial charge in [-0.1, -0.05) is 40.2 Å². The van der Waals surface area contributed by atoms with Crippen LogP contribution in [0, 0.1) is 0 Å². The number of carbonyl (C=O) groups is 1. The van der Waals surface area contributed by atoms with Crippen molar-refractivity contribution in [2.75, 3.05) is 6.61 Å². The fourth-order valence-corrected chi connectivity index (χ4v) is 4.37. The molecule has 2 heterocycles. The van der Waals surface area contributed by atoms with Crippen LogP contribution in [0.3, 0.4) is 0 Å². The average molecular weight is 428 g/mol. The zero-order valence-corrected chi connectivity index (χ0v) is 16.3. The van der Waals surface area contributed by atoms with Crippen molar-refractivity contribution in [2.24, 2.45) is 0 Å². The van der Waals surface area contributed by atoms with Gasteiger partial charge in [0, 0.05) is 20.9 Å². The van der Waals surface area contributed by atoms with Gasteiger partial charge >= 0.3 is 5.97 Å². The summed E-state index contributed by atoms with van der Waals surface area (Å²) in [4.78, 5) is 26.2. The van der Waals surface area contributed by atoms with Crippen molar-refractivity contribution in [1.82, 2.24) is 4.40 Å². The Morgan fingerprint density at radius 1 is 1.15 bits per heavy atom. The zero-order valence-electron chi connectivity index (χ0n) is 13.9. The first-order valence-corrected chi connectivity index (χ1v) is 9.71. The molecular weight excluding hydrogens is 414 g/mol. The Hall–Kier alpha value is -2.44. The predicted molar refractivity (Wildman–Crippen MR) is 108 cm³/mol. The van der Waals surface area contributed by atoms with Crippen molar-refractivity contribution in [3.63, 3.8) is 0 Å².